The Morgan fingerprint density at radius 1 is 1.50 bits per heavy atom. The van der Waals surface area contributed by atoms with Crippen LogP contribution < -0.4 is 10.4 Å². The van der Waals surface area contributed by atoms with E-state index in [1.165, 1.54) is 0 Å². The maximum absolute atomic E-state index is 11.4. The normalized spacial score (nSPS) is 10.6. The molecule has 5 heteroatoms. The number of benzene rings is 1. The van der Waals surface area contributed by atoms with E-state index < -0.39 is 5.63 Å². The summed E-state index contributed by atoms with van der Waals surface area (Å²) in [6, 6.07) is 5.06. The van der Waals surface area contributed by atoms with Crippen LogP contribution in [0.1, 0.15) is 6.92 Å². The second-order valence-corrected chi connectivity index (χ2v) is 3.91. The van der Waals surface area contributed by atoms with Gasteiger partial charge in [-0.25, -0.2) is 4.79 Å². The molecule has 0 aliphatic carbocycles. The van der Waals surface area contributed by atoms with Crippen LogP contribution in [-0.4, -0.2) is 11.7 Å². The lowest BCUT2D eigenvalue weighted by Gasteiger charge is -2.07. The van der Waals surface area contributed by atoms with Crippen molar-refractivity contribution in [3.63, 3.8) is 0 Å². The number of para-hydroxylation sites is 1. The third-order valence-electron chi connectivity index (χ3n) is 2.12. The van der Waals surface area contributed by atoms with Crippen molar-refractivity contribution >= 4 is 26.9 Å². The third-order valence-corrected chi connectivity index (χ3v) is 2.82. The van der Waals surface area contributed by atoms with Crippen molar-refractivity contribution < 1.29 is 14.3 Å². The molecule has 0 unspecified atom stereocenters. The summed E-state index contributed by atoms with van der Waals surface area (Å²) in [5.41, 5.74) is -0.368. The first-order valence-corrected chi connectivity index (χ1v) is 5.51. The molecule has 1 aromatic heterocycles. The topological polar surface area (TPSA) is 59.7 Å². The van der Waals surface area contributed by atoms with Gasteiger partial charge in [-0.3, -0.25) is 0 Å². The molecule has 0 atom stereocenters. The lowest BCUT2D eigenvalue weighted by atomic mass is 10.2. The van der Waals surface area contributed by atoms with Crippen molar-refractivity contribution in [2.75, 3.05) is 6.61 Å². The zero-order chi connectivity index (χ0) is 11.7. The summed E-state index contributed by atoms with van der Waals surface area (Å²) in [5, 5.41) is 10.2. The van der Waals surface area contributed by atoms with E-state index in [-0.39, 0.29) is 15.8 Å². The van der Waals surface area contributed by atoms with Gasteiger partial charge in [0.2, 0.25) is 0 Å². The van der Waals surface area contributed by atoms with Gasteiger partial charge in [-0.05, 0) is 35.0 Å². The molecule has 1 aromatic carbocycles. The van der Waals surface area contributed by atoms with E-state index in [9.17, 15) is 9.90 Å². The molecule has 0 amide bonds. The van der Waals surface area contributed by atoms with E-state index >= 15 is 0 Å². The first kappa shape index (κ1) is 11.0. The molecule has 0 spiro atoms. The first-order chi connectivity index (χ1) is 7.65. The molecule has 0 saturated carbocycles. The first-order valence-electron chi connectivity index (χ1n) is 4.72. The highest BCUT2D eigenvalue weighted by Gasteiger charge is 2.14. The van der Waals surface area contributed by atoms with Gasteiger partial charge in [0.25, 0.3) is 0 Å². The average Bonchev–Trinajstić information content (AvgIpc) is 2.28. The summed E-state index contributed by atoms with van der Waals surface area (Å²) >= 11 is 2.97. The third kappa shape index (κ3) is 1.67. The van der Waals surface area contributed by atoms with Gasteiger partial charge in [-0.1, -0.05) is 6.07 Å². The van der Waals surface area contributed by atoms with Crippen LogP contribution in [0.4, 0.5) is 0 Å². The fourth-order valence-corrected chi connectivity index (χ4v) is 1.72. The van der Waals surface area contributed by atoms with Gasteiger partial charge in [0.05, 0.1) is 12.0 Å². The molecule has 2 aromatic rings. The van der Waals surface area contributed by atoms with Gasteiger partial charge in [-0.15, -0.1) is 0 Å². The van der Waals surface area contributed by atoms with Crippen molar-refractivity contribution in [2.24, 2.45) is 0 Å². The number of fused-ring (bicyclic) bond motifs is 1. The molecule has 84 valence electrons. The molecule has 0 saturated heterocycles. The van der Waals surface area contributed by atoms with Gasteiger partial charge in [0, 0.05) is 0 Å². The summed E-state index contributed by atoms with van der Waals surface area (Å²) < 4.78 is 10.4. The van der Waals surface area contributed by atoms with E-state index in [0.29, 0.717) is 17.7 Å². The van der Waals surface area contributed by atoms with Crippen LogP contribution in [0.15, 0.2) is 31.9 Å². The summed E-state index contributed by atoms with van der Waals surface area (Å²) in [6.45, 7) is 2.29. The fourth-order valence-electron chi connectivity index (χ4n) is 1.43. The largest absolute Gasteiger partial charge is 0.506 e. The predicted molar refractivity (Wildman–Crippen MR) is 63.0 cm³/mol. The molecule has 0 aliphatic heterocycles. The number of hydrogen-bond donors (Lipinski definition) is 1. The Labute approximate surface area is 99.6 Å². The summed E-state index contributed by atoms with van der Waals surface area (Å²) in [7, 11) is 0. The number of aromatic hydroxyl groups is 1. The SMILES string of the molecule is CCOc1cccc2c(O)c(Br)c(=O)oc12. The monoisotopic (exact) mass is 284 g/mol. The van der Waals surface area contributed by atoms with Crippen LogP contribution in [-0.2, 0) is 0 Å². The second-order valence-electron chi connectivity index (χ2n) is 3.12. The molecule has 4 nitrogen and oxygen atoms in total. The summed E-state index contributed by atoms with van der Waals surface area (Å²) in [5.74, 6) is 0.313. The lowest BCUT2D eigenvalue weighted by molar-refractivity contribution is 0.336. The van der Waals surface area contributed by atoms with Crippen molar-refractivity contribution in [3.05, 3.63) is 33.1 Å². The zero-order valence-corrected chi connectivity index (χ0v) is 10.1. The van der Waals surface area contributed by atoms with Gasteiger partial charge >= 0.3 is 5.63 Å². The minimum Gasteiger partial charge on any atom is -0.506 e. The maximum Gasteiger partial charge on any atom is 0.354 e. The van der Waals surface area contributed by atoms with Crippen LogP contribution >= 0.6 is 15.9 Å². The van der Waals surface area contributed by atoms with Crippen molar-refractivity contribution in [2.45, 2.75) is 6.92 Å². The Bertz CT molecular complexity index is 588. The maximum atomic E-state index is 11.4. The molecule has 0 bridgehead atoms. The predicted octanol–water partition coefficient (Wildman–Crippen LogP) is 2.66. The Kier molecular flexibility index (Phi) is 2.87. The van der Waals surface area contributed by atoms with Crippen LogP contribution in [0.25, 0.3) is 11.0 Å². The Morgan fingerprint density at radius 2 is 2.25 bits per heavy atom. The Morgan fingerprint density at radius 3 is 2.94 bits per heavy atom. The highest BCUT2D eigenvalue weighted by Crippen LogP contribution is 2.34. The fraction of sp³-hybridized carbons (Fsp3) is 0.182. The van der Waals surface area contributed by atoms with Crippen molar-refractivity contribution in [1.29, 1.82) is 0 Å². The van der Waals surface area contributed by atoms with Crippen LogP contribution in [0.3, 0.4) is 0 Å². The molecule has 16 heavy (non-hydrogen) atoms. The molecular formula is C11H9BrO4. The van der Waals surface area contributed by atoms with Crippen LogP contribution in [0.5, 0.6) is 11.5 Å². The molecule has 0 fully saturated rings. The summed E-state index contributed by atoms with van der Waals surface area (Å²) in [6.07, 6.45) is 0. The van der Waals surface area contributed by atoms with Gasteiger partial charge < -0.3 is 14.3 Å². The van der Waals surface area contributed by atoms with Gasteiger partial charge in [0.15, 0.2) is 11.3 Å². The number of hydrogen-bond acceptors (Lipinski definition) is 4. The van der Waals surface area contributed by atoms with E-state index in [1.807, 2.05) is 6.92 Å². The Balaban J connectivity index is 2.84. The number of rotatable bonds is 2. The lowest BCUT2D eigenvalue weighted by Crippen LogP contribution is -2.01. The van der Waals surface area contributed by atoms with Crippen molar-refractivity contribution in [3.8, 4) is 11.5 Å². The molecule has 0 aliphatic rings. The summed E-state index contributed by atoms with van der Waals surface area (Å²) in [4.78, 5) is 11.4. The van der Waals surface area contributed by atoms with Crippen LogP contribution in [0, 0.1) is 0 Å². The molecular weight excluding hydrogens is 276 g/mol. The quantitative estimate of drug-likeness (QED) is 0.862. The standard InChI is InChI=1S/C11H9BrO4/c1-2-15-7-5-3-4-6-9(13)8(12)11(14)16-10(6)7/h3-5,13H,2H2,1H3. The molecule has 2 rings (SSSR count). The van der Waals surface area contributed by atoms with E-state index in [1.54, 1.807) is 18.2 Å². The highest BCUT2D eigenvalue weighted by molar-refractivity contribution is 9.10. The van der Waals surface area contributed by atoms with Gasteiger partial charge in [0.1, 0.15) is 10.2 Å². The number of ether oxygens (including phenoxy) is 1. The molecule has 1 heterocycles. The minimum atomic E-state index is -0.628. The van der Waals surface area contributed by atoms with E-state index in [4.69, 9.17) is 9.15 Å². The smallest absolute Gasteiger partial charge is 0.354 e. The zero-order valence-electron chi connectivity index (χ0n) is 8.49. The molecule has 0 radical (unpaired) electrons. The van der Waals surface area contributed by atoms with Gasteiger partial charge in [-0.2, -0.15) is 0 Å². The van der Waals surface area contributed by atoms with Crippen molar-refractivity contribution in [1.82, 2.24) is 0 Å². The average molecular weight is 285 g/mol. The second kappa shape index (κ2) is 4.17. The number of halogens is 1. The van der Waals surface area contributed by atoms with E-state index in [2.05, 4.69) is 15.9 Å². The Hall–Kier alpha value is -1.49. The molecule has 1 N–H and O–H groups in total. The van der Waals surface area contributed by atoms with Crippen LogP contribution in [0.2, 0.25) is 0 Å². The minimum absolute atomic E-state index is 0.0219. The van der Waals surface area contributed by atoms with E-state index in [0.717, 1.165) is 0 Å². The highest BCUT2D eigenvalue weighted by atomic mass is 79.9.